The molecule has 4 amide bonds. The van der Waals surface area contributed by atoms with Gasteiger partial charge in [0.25, 0.3) is 5.91 Å². The average Bonchev–Trinajstić information content (AvgIpc) is 3.43. The summed E-state index contributed by atoms with van der Waals surface area (Å²) < 4.78 is 34.7. The molecule has 0 saturated carbocycles. The highest BCUT2D eigenvalue weighted by Crippen LogP contribution is 2.26. The minimum Gasteiger partial charge on any atom is -0.459 e. The number of aliphatic hydroxyl groups excluding tert-OH is 1. The highest BCUT2D eigenvalue weighted by atomic mass is 19.3. The Bertz CT molecular complexity index is 1080. The first-order valence-electron chi connectivity index (χ1n) is 13.7. The van der Waals surface area contributed by atoms with Crippen molar-refractivity contribution in [2.24, 2.45) is 11.8 Å². The average molecular weight is 583 g/mol. The summed E-state index contributed by atoms with van der Waals surface area (Å²) in [5, 5.41) is 17.5. The molecule has 4 unspecified atom stereocenters. The fourth-order valence-corrected chi connectivity index (χ4v) is 4.52. The molecule has 0 spiro atoms. The Morgan fingerprint density at radius 2 is 1.68 bits per heavy atom. The molecule has 1 aromatic rings. The lowest BCUT2D eigenvalue weighted by atomic mass is 9.93. The van der Waals surface area contributed by atoms with Crippen LogP contribution >= 0.6 is 0 Å². The molecule has 1 saturated heterocycles. The first-order valence-corrected chi connectivity index (χ1v) is 13.7. The van der Waals surface area contributed by atoms with Gasteiger partial charge in [0.15, 0.2) is 0 Å². The quantitative estimate of drug-likeness (QED) is 0.213. The molecule has 1 fully saturated rings. The molecule has 1 aliphatic heterocycles. The van der Waals surface area contributed by atoms with Crippen molar-refractivity contribution in [3.05, 3.63) is 35.9 Å². The van der Waals surface area contributed by atoms with Crippen molar-refractivity contribution >= 4 is 29.6 Å². The number of carbonyl (C=O) groups excluding carboxylic acids is 5. The van der Waals surface area contributed by atoms with E-state index in [-0.39, 0.29) is 26.1 Å². The highest BCUT2D eigenvalue weighted by Gasteiger charge is 2.51. The normalized spacial score (nSPS) is 17.5. The highest BCUT2D eigenvalue weighted by molar-refractivity contribution is 6.33. The van der Waals surface area contributed by atoms with Gasteiger partial charge >= 0.3 is 17.8 Å². The van der Waals surface area contributed by atoms with Gasteiger partial charge in [-0.25, -0.2) is 4.79 Å². The van der Waals surface area contributed by atoms with E-state index in [9.17, 15) is 29.1 Å². The van der Waals surface area contributed by atoms with Crippen LogP contribution in [0.3, 0.4) is 0 Å². The van der Waals surface area contributed by atoms with Gasteiger partial charge in [-0.05, 0) is 37.2 Å². The third-order valence-corrected chi connectivity index (χ3v) is 6.86. The summed E-state index contributed by atoms with van der Waals surface area (Å²) in [6, 6.07) is 4.66. The van der Waals surface area contributed by atoms with E-state index < -0.39 is 71.6 Å². The first kappa shape index (κ1) is 33.6. The van der Waals surface area contributed by atoms with E-state index in [0.717, 1.165) is 0 Å². The maximum atomic E-state index is 15.0. The second-order valence-corrected chi connectivity index (χ2v) is 10.6. The molecule has 41 heavy (non-hydrogen) atoms. The van der Waals surface area contributed by atoms with E-state index in [1.807, 2.05) is 0 Å². The Morgan fingerprint density at radius 1 is 1.05 bits per heavy atom. The fourth-order valence-electron chi connectivity index (χ4n) is 4.52. The van der Waals surface area contributed by atoms with Crippen LogP contribution in [0.5, 0.6) is 0 Å². The van der Waals surface area contributed by atoms with Crippen molar-refractivity contribution in [3.63, 3.8) is 0 Å². The lowest BCUT2D eigenvalue weighted by Gasteiger charge is -2.34. The Hall–Kier alpha value is -3.61. The molecule has 4 atom stereocenters. The fraction of sp³-hybridized carbons (Fsp3) is 0.607. The van der Waals surface area contributed by atoms with Gasteiger partial charge in [0.05, 0.1) is 12.6 Å². The third kappa shape index (κ3) is 8.69. The maximum absolute atomic E-state index is 15.0. The van der Waals surface area contributed by atoms with Crippen molar-refractivity contribution in [3.8, 4) is 0 Å². The largest absolute Gasteiger partial charge is 0.459 e. The summed E-state index contributed by atoms with van der Waals surface area (Å²) in [6.07, 6.45) is -1.92. The number of likely N-dealkylation sites (tertiary alicyclic amines) is 1. The van der Waals surface area contributed by atoms with Crippen LogP contribution in [0.1, 0.15) is 53.0 Å². The van der Waals surface area contributed by atoms with Gasteiger partial charge in [-0.1, -0.05) is 58.0 Å². The predicted octanol–water partition coefficient (Wildman–Crippen LogP) is 1.13. The number of alkyl halides is 2. The Balaban J connectivity index is 2.14. The zero-order chi connectivity index (χ0) is 30.9. The van der Waals surface area contributed by atoms with Gasteiger partial charge in [0, 0.05) is 13.1 Å². The van der Waals surface area contributed by atoms with Crippen LogP contribution in [0, 0.1) is 11.8 Å². The molecule has 4 N–H and O–H groups in total. The monoisotopic (exact) mass is 582 g/mol. The number of carbonyl (C=O) groups is 5. The molecule has 11 nitrogen and oxygen atoms in total. The van der Waals surface area contributed by atoms with Crippen LogP contribution in [0.25, 0.3) is 0 Å². The van der Waals surface area contributed by atoms with Crippen molar-refractivity contribution in [2.45, 2.75) is 84.2 Å². The number of amides is 4. The van der Waals surface area contributed by atoms with Gasteiger partial charge in [-0.15, -0.1) is 0 Å². The van der Waals surface area contributed by atoms with E-state index in [4.69, 9.17) is 0 Å². The van der Waals surface area contributed by atoms with E-state index >= 15 is 8.78 Å². The second kappa shape index (κ2) is 14.9. The first-order chi connectivity index (χ1) is 19.2. The zero-order valence-electron chi connectivity index (χ0n) is 24.0. The number of nitrogens with one attached hydrogen (secondary N) is 3. The number of esters is 1. The summed E-state index contributed by atoms with van der Waals surface area (Å²) in [7, 11) is 0. The van der Waals surface area contributed by atoms with E-state index in [2.05, 4.69) is 20.7 Å². The van der Waals surface area contributed by atoms with Crippen molar-refractivity contribution in [1.82, 2.24) is 20.9 Å². The summed E-state index contributed by atoms with van der Waals surface area (Å²) in [5.41, 5.74) is 0.587. The number of nitrogens with zero attached hydrogens (tertiary/aromatic N) is 1. The lowest BCUT2D eigenvalue weighted by Crippen LogP contribution is -2.61. The molecular formula is C28H40F2N4O7. The Kier molecular flexibility index (Phi) is 12.2. The van der Waals surface area contributed by atoms with E-state index in [0.29, 0.717) is 12.0 Å². The number of aliphatic hydroxyl groups is 1. The molecule has 1 aliphatic rings. The number of halogens is 2. The number of benzene rings is 1. The van der Waals surface area contributed by atoms with Crippen molar-refractivity contribution < 1.29 is 42.6 Å². The number of ether oxygens (including phenoxy) is 1. The SMILES string of the molecule is CCOC(=O)C(=O)NC(C(=O)N1CCCC1C(=O)NC(C(C)C)C(O)C(F)(F)C(=O)NCc1ccccc1)C(C)C. The van der Waals surface area contributed by atoms with Gasteiger partial charge in [0.1, 0.15) is 18.2 Å². The molecule has 1 heterocycles. The molecule has 2 rings (SSSR count). The Morgan fingerprint density at radius 3 is 2.24 bits per heavy atom. The predicted molar refractivity (Wildman–Crippen MR) is 144 cm³/mol. The van der Waals surface area contributed by atoms with E-state index in [1.54, 1.807) is 44.2 Å². The topological polar surface area (TPSA) is 154 Å². The van der Waals surface area contributed by atoms with Crippen LogP contribution in [0.4, 0.5) is 8.78 Å². The van der Waals surface area contributed by atoms with Crippen LogP contribution in [-0.4, -0.2) is 82.9 Å². The minimum absolute atomic E-state index is 0.0302. The van der Waals surface area contributed by atoms with Gasteiger partial charge < -0.3 is 30.7 Å². The number of hydrogen-bond donors (Lipinski definition) is 4. The molecule has 0 bridgehead atoms. The minimum atomic E-state index is -4.23. The summed E-state index contributed by atoms with van der Waals surface area (Å²) in [6.45, 7) is 7.78. The van der Waals surface area contributed by atoms with E-state index in [1.165, 1.54) is 25.7 Å². The molecule has 1 aromatic carbocycles. The number of hydrogen-bond acceptors (Lipinski definition) is 7. The Labute approximate surface area is 238 Å². The zero-order valence-corrected chi connectivity index (χ0v) is 24.0. The number of rotatable bonds is 12. The van der Waals surface area contributed by atoms with Crippen molar-refractivity contribution in [2.75, 3.05) is 13.2 Å². The van der Waals surface area contributed by atoms with Gasteiger partial charge in [0.2, 0.25) is 11.8 Å². The van der Waals surface area contributed by atoms with Crippen LogP contribution in [0.15, 0.2) is 30.3 Å². The van der Waals surface area contributed by atoms with Crippen LogP contribution in [-0.2, 0) is 35.3 Å². The summed E-state index contributed by atoms with van der Waals surface area (Å²) in [5.74, 6) is -10.7. The molecular weight excluding hydrogens is 542 g/mol. The standard InChI is InChI=1S/C28H40F2N4O7/c1-6-41-26(39)24(37)33-21(17(4)5)25(38)34-14-10-13-19(34)23(36)32-20(16(2)3)22(35)28(29,30)27(40)31-15-18-11-8-7-9-12-18/h7-9,11-12,16-17,19-22,35H,6,10,13-15H2,1-5H3,(H,31,40)(H,32,36)(H,33,37). The molecule has 13 heteroatoms. The molecule has 0 aliphatic carbocycles. The summed E-state index contributed by atoms with van der Waals surface area (Å²) >= 11 is 0. The van der Waals surface area contributed by atoms with Gasteiger partial charge in [-0.3, -0.25) is 19.2 Å². The molecule has 228 valence electrons. The summed E-state index contributed by atoms with van der Waals surface area (Å²) in [4.78, 5) is 64.2. The van der Waals surface area contributed by atoms with Crippen LogP contribution < -0.4 is 16.0 Å². The molecule has 0 aromatic heterocycles. The lowest BCUT2D eigenvalue weighted by molar-refractivity contribution is -0.169. The molecule has 0 radical (unpaired) electrons. The smallest absolute Gasteiger partial charge is 0.396 e. The van der Waals surface area contributed by atoms with Crippen LogP contribution in [0.2, 0.25) is 0 Å². The maximum Gasteiger partial charge on any atom is 0.396 e. The van der Waals surface area contributed by atoms with Crippen molar-refractivity contribution in [1.29, 1.82) is 0 Å². The third-order valence-electron chi connectivity index (χ3n) is 6.86. The second-order valence-electron chi connectivity index (χ2n) is 10.6. The van der Waals surface area contributed by atoms with Gasteiger partial charge in [-0.2, -0.15) is 8.78 Å².